The van der Waals surface area contributed by atoms with Crippen molar-refractivity contribution in [3.8, 4) is 11.4 Å². The largest absolute Gasteiger partial charge is 0.494 e. The Hall–Kier alpha value is -5.26. The summed E-state index contributed by atoms with van der Waals surface area (Å²) in [4.78, 5) is 52.7. The fraction of sp³-hybridized carbons (Fsp3) is 0.378. The molecule has 0 radical (unpaired) electrons. The van der Waals surface area contributed by atoms with Gasteiger partial charge in [0.15, 0.2) is 0 Å². The number of fused-ring (bicyclic) bond motifs is 1. The highest BCUT2D eigenvalue weighted by atomic mass is 19.1. The average molecular weight is 671 g/mol. The molecule has 2 amide bonds. The molecule has 0 fully saturated rings. The van der Waals surface area contributed by atoms with Crippen LogP contribution in [0.1, 0.15) is 68.2 Å². The Kier molecular flexibility index (Phi) is 11.0. The number of pyridine rings is 1. The zero-order valence-corrected chi connectivity index (χ0v) is 28.6. The number of hydrogen-bond donors (Lipinski definition) is 2. The van der Waals surface area contributed by atoms with Gasteiger partial charge in [-0.3, -0.25) is 19.1 Å². The van der Waals surface area contributed by atoms with E-state index in [0.29, 0.717) is 53.5 Å². The summed E-state index contributed by atoms with van der Waals surface area (Å²) < 4.78 is 26.9. The van der Waals surface area contributed by atoms with Crippen molar-refractivity contribution >= 4 is 17.8 Å². The number of rotatable bonds is 11. The minimum atomic E-state index is -0.963. The number of amides is 2. The minimum Gasteiger partial charge on any atom is -0.494 e. The van der Waals surface area contributed by atoms with Crippen molar-refractivity contribution in [2.45, 2.75) is 72.1 Å². The highest BCUT2D eigenvalue weighted by Crippen LogP contribution is 2.28. The van der Waals surface area contributed by atoms with Gasteiger partial charge in [0.05, 0.1) is 24.3 Å². The number of aromatic nitrogens is 3. The summed E-state index contributed by atoms with van der Waals surface area (Å²) in [7, 11) is 0. The first-order chi connectivity index (χ1) is 23.4. The summed E-state index contributed by atoms with van der Waals surface area (Å²) in [5, 5.41) is 6.09. The Morgan fingerprint density at radius 1 is 1.12 bits per heavy atom. The van der Waals surface area contributed by atoms with Crippen molar-refractivity contribution in [2.75, 3.05) is 25.0 Å². The van der Waals surface area contributed by atoms with Crippen LogP contribution in [0.15, 0.2) is 71.8 Å². The normalized spacial score (nSPS) is 13.1. The Labute approximate surface area is 285 Å². The highest BCUT2D eigenvalue weighted by molar-refractivity contribution is 5.79. The van der Waals surface area contributed by atoms with Gasteiger partial charge in [-0.15, -0.1) is 0 Å². The molecule has 258 valence electrons. The van der Waals surface area contributed by atoms with Crippen molar-refractivity contribution < 1.29 is 23.5 Å². The van der Waals surface area contributed by atoms with E-state index in [0.717, 1.165) is 12.0 Å². The van der Waals surface area contributed by atoms with Gasteiger partial charge >= 0.3 is 6.09 Å². The lowest BCUT2D eigenvalue weighted by molar-refractivity contribution is -0.134. The molecule has 5 rings (SSSR count). The average Bonchev–Trinajstić information content (AvgIpc) is 3.06. The van der Waals surface area contributed by atoms with Crippen LogP contribution in [0.2, 0.25) is 0 Å². The number of anilines is 1. The number of hydrogen-bond acceptors (Lipinski definition) is 8. The number of carbonyl (C=O) groups excluding carboxylic acids is 2. The third kappa shape index (κ3) is 8.81. The first kappa shape index (κ1) is 35.1. The van der Waals surface area contributed by atoms with Crippen LogP contribution in [-0.4, -0.2) is 56.7 Å². The zero-order valence-electron chi connectivity index (χ0n) is 28.6. The molecule has 3 heterocycles. The molecular formula is C37H43FN6O5. The van der Waals surface area contributed by atoms with Gasteiger partial charge in [-0.1, -0.05) is 18.2 Å². The van der Waals surface area contributed by atoms with Gasteiger partial charge < -0.3 is 25.0 Å². The molecule has 0 saturated carbocycles. The number of alkyl carbamates (subject to hydrolysis) is 1. The van der Waals surface area contributed by atoms with E-state index in [9.17, 15) is 18.8 Å². The zero-order chi connectivity index (χ0) is 35.1. The first-order valence-corrected chi connectivity index (χ1v) is 16.5. The predicted molar refractivity (Wildman–Crippen MR) is 184 cm³/mol. The maximum absolute atomic E-state index is 14.5. The molecule has 0 unspecified atom stereocenters. The van der Waals surface area contributed by atoms with Crippen molar-refractivity contribution in [1.29, 1.82) is 0 Å². The smallest absolute Gasteiger partial charge is 0.407 e. The van der Waals surface area contributed by atoms with E-state index in [-0.39, 0.29) is 42.6 Å². The van der Waals surface area contributed by atoms with E-state index in [1.54, 1.807) is 87.5 Å². The van der Waals surface area contributed by atoms with Crippen LogP contribution < -0.4 is 20.9 Å². The van der Waals surface area contributed by atoms with Crippen LogP contribution in [-0.2, 0) is 28.9 Å². The summed E-state index contributed by atoms with van der Waals surface area (Å²) in [5.74, 6) is 0.626. The van der Waals surface area contributed by atoms with Crippen LogP contribution in [0.3, 0.4) is 0 Å². The Bertz CT molecular complexity index is 1840. The van der Waals surface area contributed by atoms with Crippen molar-refractivity contribution in [3.63, 3.8) is 0 Å². The molecule has 1 aliphatic heterocycles. The summed E-state index contributed by atoms with van der Waals surface area (Å²) in [6, 6.07) is 14.3. The number of aryl methyl sites for hydroxylation is 1. The van der Waals surface area contributed by atoms with Crippen LogP contribution in [0, 0.1) is 12.7 Å². The van der Waals surface area contributed by atoms with Gasteiger partial charge in [0.1, 0.15) is 34.9 Å². The molecule has 2 aromatic carbocycles. The number of carbonyl (C=O) groups is 2. The lowest BCUT2D eigenvalue weighted by atomic mass is 10.0. The number of ether oxygens (including phenoxy) is 2. The number of nitrogens with one attached hydrogen (secondary N) is 2. The van der Waals surface area contributed by atoms with E-state index in [1.807, 2.05) is 13.0 Å². The van der Waals surface area contributed by atoms with Crippen molar-refractivity contribution in [3.05, 3.63) is 111 Å². The summed E-state index contributed by atoms with van der Waals surface area (Å²) in [6.07, 6.45) is 3.83. The van der Waals surface area contributed by atoms with Crippen LogP contribution >= 0.6 is 0 Å². The highest BCUT2D eigenvalue weighted by Gasteiger charge is 2.33. The Balaban J connectivity index is 1.68. The number of nitrogens with zero attached hydrogens (tertiary/aromatic N) is 4. The van der Waals surface area contributed by atoms with E-state index in [4.69, 9.17) is 14.5 Å². The lowest BCUT2D eigenvalue weighted by Gasteiger charge is -2.34. The van der Waals surface area contributed by atoms with Gasteiger partial charge in [-0.25, -0.2) is 14.2 Å². The third-order valence-electron chi connectivity index (χ3n) is 7.99. The minimum absolute atomic E-state index is 0.0687. The molecule has 1 aliphatic rings. The number of halogens is 1. The van der Waals surface area contributed by atoms with Crippen molar-refractivity contribution in [1.82, 2.24) is 24.8 Å². The summed E-state index contributed by atoms with van der Waals surface area (Å²) in [5.41, 5.74) is 1.76. The van der Waals surface area contributed by atoms with Gasteiger partial charge in [0.25, 0.3) is 5.56 Å². The summed E-state index contributed by atoms with van der Waals surface area (Å²) in [6.45, 7) is 9.86. The quantitative estimate of drug-likeness (QED) is 0.209. The van der Waals surface area contributed by atoms with Crippen LogP contribution in [0.4, 0.5) is 15.0 Å². The maximum atomic E-state index is 14.5. The van der Waals surface area contributed by atoms with E-state index in [2.05, 4.69) is 15.6 Å². The lowest BCUT2D eigenvalue weighted by Crippen LogP contribution is -2.45. The van der Waals surface area contributed by atoms with E-state index >= 15 is 0 Å². The third-order valence-corrected chi connectivity index (χ3v) is 7.99. The van der Waals surface area contributed by atoms with E-state index < -0.39 is 17.7 Å². The van der Waals surface area contributed by atoms with Gasteiger partial charge in [-0.05, 0) is 101 Å². The molecule has 0 saturated heterocycles. The standard InChI is InChI=1S/C37H43FN6O5/c1-6-48-28-14-12-27(13-15-28)44-34(42-33-29(35(44)46)10-8-18-40-33)31(22-41-36(47)49-37(3,4)5)43(23-26-9-7-17-39-21-26)32(45)20-25-11-16-30(38)24(2)19-25/h7,9,11-17,19,21,31,40H,6,8,10,18,20,22-23H2,1-5H3,(H,41,47)/t31-/m1/s1. The second-order valence-corrected chi connectivity index (χ2v) is 12.9. The molecule has 0 spiro atoms. The summed E-state index contributed by atoms with van der Waals surface area (Å²) >= 11 is 0. The molecule has 1 atom stereocenters. The van der Waals surface area contributed by atoms with Crippen molar-refractivity contribution in [2.24, 2.45) is 0 Å². The van der Waals surface area contributed by atoms with E-state index in [1.165, 1.54) is 10.6 Å². The molecule has 0 bridgehead atoms. The molecule has 12 heteroatoms. The second kappa shape index (κ2) is 15.3. The molecule has 49 heavy (non-hydrogen) atoms. The fourth-order valence-corrected chi connectivity index (χ4v) is 5.74. The van der Waals surface area contributed by atoms with Gasteiger partial charge in [-0.2, -0.15) is 0 Å². The second-order valence-electron chi connectivity index (χ2n) is 12.9. The monoisotopic (exact) mass is 670 g/mol. The fourth-order valence-electron chi connectivity index (χ4n) is 5.74. The Morgan fingerprint density at radius 2 is 1.90 bits per heavy atom. The van der Waals surface area contributed by atoms with Crippen LogP contribution in [0.5, 0.6) is 5.75 Å². The Morgan fingerprint density at radius 3 is 2.57 bits per heavy atom. The van der Waals surface area contributed by atoms with Crippen LogP contribution in [0.25, 0.3) is 5.69 Å². The maximum Gasteiger partial charge on any atom is 0.407 e. The molecule has 11 nitrogen and oxygen atoms in total. The first-order valence-electron chi connectivity index (χ1n) is 16.5. The molecule has 2 N–H and O–H groups in total. The topological polar surface area (TPSA) is 128 Å². The molecular weight excluding hydrogens is 627 g/mol. The molecule has 0 aliphatic carbocycles. The molecule has 4 aromatic rings. The van der Waals surface area contributed by atoms with Gasteiger partial charge in [0.2, 0.25) is 5.91 Å². The predicted octanol–water partition coefficient (Wildman–Crippen LogP) is 5.67. The number of benzene rings is 2. The van der Waals surface area contributed by atoms with Gasteiger partial charge in [0, 0.05) is 32.0 Å². The molecule has 2 aromatic heterocycles. The SMILES string of the molecule is CCOc1ccc(-n2c([C@@H](CNC(=O)OC(C)(C)C)N(Cc3cccnc3)C(=O)Cc3ccc(F)c(C)c3)nc3c(c2=O)CCCN3)cc1.